The second-order valence-electron chi connectivity index (χ2n) is 10.3. The first-order valence-electron chi connectivity index (χ1n) is 14.6. The lowest BCUT2D eigenvalue weighted by atomic mass is 9.81. The fraction of sp³-hybridized carbons (Fsp3) is 0.382. The quantitative estimate of drug-likeness (QED) is 0.195. The topological polar surface area (TPSA) is 74.1 Å². The number of ether oxygens (including phenoxy) is 4. The predicted octanol–water partition coefficient (Wildman–Crippen LogP) is 4.23. The molecule has 0 saturated heterocycles. The minimum absolute atomic E-state index is 0. The van der Waals surface area contributed by atoms with Gasteiger partial charge in [0.2, 0.25) is 21.3 Å². The highest BCUT2D eigenvalue weighted by molar-refractivity contribution is 7.91. The smallest absolute Gasteiger partial charge is 0.209 e. The Bertz CT molecular complexity index is 1600. The number of hydrogen-bond donors (Lipinski definition) is 0. The second kappa shape index (κ2) is 14.6. The molecule has 4 rings (SSSR count). The summed E-state index contributed by atoms with van der Waals surface area (Å²) in [6.07, 6.45) is 4.08. The zero-order valence-corrected chi connectivity index (χ0v) is 29.0. The van der Waals surface area contributed by atoms with Gasteiger partial charge in [-0.15, -0.1) is 0 Å². The zero-order valence-electron chi connectivity index (χ0n) is 26.1. The zero-order chi connectivity index (χ0) is 30.5. The van der Waals surface area contributed by atoms with E-state index in [1.54, 1.807) is 30.3 Å². The first kappa shape index (κ1) is 34.4. The van der Waals surface area contributed by atoms with Gasteiger partial charge in [-0.3, -0.25) is 0 Å². The summed E-state index contributed by atoms with van der Waals surface area (Å²) in [5, 5.41) is 0. The van der Waals surface area contributed by atoms with E-state index in [-0.39, 0.29) is 33.8 Å². The van der Waals surface area contributed by atoms with Crippen LogP contribution < -0.4 is 42.9 Å². The summed E-state index contributed by atoms with van der Waals surface area (Å²) in [6.45, 7) is 16.6. The van der Waals surface area contributed by atoms with Gasteiger partial charge in [0, 0.05) is 23.8 Å². The van der Waals surface area contributed by atoms with Crippen molar-refractivity contribution in [2.24, 2.45) is 0 Å². The maximum Gasteiger partial charge on any atom is 0.209 e. The van der Waals surface area contributed by atoms with Gasteiger partial charge >= 0.3 is 0 Å². The predicted molar refractivity (Wildman–Crippen MR) is 167 cm³/mol. The normalized spacial score (nSPS) is 13.9. The van der Waals surface area contributed by atoms with Crippen molar-refractivity contribution in [1.29, 1.82) is 0 Å². The van der Waals surface area contributed by atoms with Crippen LogP contribution in [0.1, 0.15) is 59.6 Å². The van der Waals surface area contributed by atoms with Gasteiger partial charge in [-0.2, -0.15) is 4.58 Å². The van der Waals surface area contributed by atoms with E-state index in [9.17, 15) is 8.42 Å². The van der Waals surface area contributed by atoms with Crippen molar-refractivity contribution in [1.82, 2.24) is 0 Å². The van der Waals surface area contributed by atoms with E-state index in [1.165, 1.54) is 0 Å². The minimum Gasteiger partial charge on any atom is -1.00 e. The van der Waals surface area contributed by atoms with Crippen LogP contribution in [-0.4, -0.2) is 51.7 Å². The largest absolute Gasteiger partial charge is 1.00 e. The van der Waals surface area contributed by atoms with Crippen LogP contribution in [-0.2, 0) is 15.3 Å². The molecule has 232 valence electrons. The van der Waals surface area contributed by atoms with E-state index in [2.05, 4.69) is 31.4 Å². The maximum atomic E-state index is 13.5. The SMILES string of the molecule is CCOc1cc(OCC)c(OCC)c(OCC)c1C=CC1=[N+](CC)c2ccc(S(=O)(=O)c3ccccc3)cc2C1(C)C.[I-]. The van der Waals surface area contributed by atoms with Gasteiger partial charge in [0.1, 0.15) is 12.3 Å². The summed E-state index contributed by atoms with van der Waals surface area (Å²) in [4.78, 5) is 0.566. The lowest BCUT2D eigenvalue weighted by Crippen LogP contribution is -3.00. The van der Waals surface area contributed by atoms with E-state index in [1.807, 2.05) is 58.0 Å². The molecule has 0 saturated carbocycles. The van der Waals surface area contributed by atoms with Crippen molar-refractivity contribution in [3.05, 3.63) is 71.8 Å². The second-order valence-corrected chi connectivity index (χ2v) is 12.2. The summed E-state index contributed by atoms with van der Waals surface area (Å²) >= 11 is 0. The van der Waals surface area contributed by atoms with Crippen LogP contribution in [0.3, 0.4) is 0 Å². The van der Waals surface area contributed by atoms with Crippen LogP contribution in [0, 0.1) is 0 Å². The molecule has 3 aromatic carbocycles. The summed E-state index contributed by atoms with van der Waals surface area (Å²) in [5.74, 6) is 2.33. The van der Waals surface area contributed by atoms with E-state index in [0.29, 0.717) is 56.0 Å². The number of benzene rings is 3. The fourth-order valence-corrected chi connectivity index (χ4v) is 6.74. The minimum atomic E-state index is -3.66. The van der Waals surface area contributed by atoms with Crippen molar-refractivity contribution in [3.8, 4) is 23.0 Å². The molecule has 0 unspecified atom stereocenters. The highest BCUT2D eigenvalue weighted by Crippen LogP contribution is 2.47. The number of nitrogens with zero attached hydrogens (tertiary/aromatic N) is 1. The van der Waals surface area contributed by atoms with Crippen molar-refractivity contribution in [2.75, 3.05) is 33.0 Å². The standard InChI is InChI=1S/C34H42NO6S.HI/c1-8-35-28-20-18-25(42(36,37)24-16-14-13-15-17-24)22-27(28)34(6,7)31(35)21-19-26-29(38-9-2)23-30(39-10-3)33(41-12-5)32(26)40-11-4;/h13-23H,8-12H2,1-7H3;1H/q+1;/p-1. The molecule has 0 radical (unpaired) electrons. The molecule has 1 aliphatic heterocycles. The average Bonchev–Trinajstić information content (AvgIpc) is 3.20. The number of fused-ring (bicyclic) bond motifs is 1. The summed E-state index contributed by atoms with van der Waals surface area (Å²) in [5.41, 5.74) is 3.26. The van der Waals surface area contributed by atoms with Crippen LogP contribution in [0.15, 0.2) is 70.5 Å². The molecule has 3 aromatic rings. The highest BCUT2D eigenvalue weighted by Gasteiger charge is 2.44. The Hall–Kier alpha value is -3.05. The number of rotatable bonds is 13. The molecule has 43 heavy (non-hydrogen) atoms. The highest BCUT2D eigenvalue weighted by atomic mass is 127. The lowest BCUT2D eigenvalue weighted by molar-refractivity contribution is -0.433. The Morgan fingerprint density at radius 3 is 1.93 bits per heavy atom. The molecule has 9 heteroatoms. The maximum absolute atomic E-state index is 13.5. The Morgan fingerprint density at radius 2 is 1.33 bits per heavy atom. The van der Waals surface area contributed by atoms with E-state index in [0.717, 1.165) is 22.5 Å². The molecular formula is C34H42INO6S. The van der Waals surface area contributed by atoms with Crippen LogP contribution in [0.5, 0.6) is 23.0 Å². The van der Waals surface area contributed by atoms with Gasteiger partial charge in [-0.25, -0.2) is 8.42 Å². The van der Waals surface area contributed by atoms with Gasteiger partial charge in [-0.05, 0) is 78.8 Å². The van der Waals surface area contributed by atoms with Crippen LogP contribution in [0.25, 0.3) is 6.08 Å². The van der Waals surface area contributed by atoms with E-state index >= 15 is 0 Å². The van der Waals surface area contributed by atoms with Crippen molar-refractivity contribution in [2.45, 2.75) is 63.7 Å². The molecule has 0 aliphatic carbocycles. The third kappa shape index (κ3) is 6.72. The molecule has 0 atom stereocenters. The van der Waals surface area contributed by atoms with Crippen LogP contribution >= 0.6 is 0 Å². The van der Waals surface area contributed by atoms with Crippen molar-refractivity contribution >= 4 is 27.3 Å². The Balaban J connectivity index is 0.00000506. The molecular weight excluding hydrogens is 677 g/mol. The third-order valence-electron chi connectivity index (χ3n) is 7.33. The number of allylic oxidation sites excluding steroid dienone is 1. The van der Waals surface area contributed by atoms with Crippen LogP contribution in [0.2, 0.25) is 0 Å². The van der Waals surface area contributed by atoms with Gasteiger partial charge < -0.3 is 42.9 Å². The monoisotopic (exact) mass is 719 g/mol. The van der Waals surface area contributed by atoms with Gasteiger partial charge in [0.05, 0.1) is 47.2 Å². The molecule has 0 bridgehead atoms. The number of hydrogen-bond acceptors (Lipinski definition) is 6. The molecule has 1 heterocycles. The molecule has 0 N–H and O–H groups in total. The number of halogens is 1. The molecule has 0 amide bonds. The van der Waals surface area contributed by atoms with Gasteiger partial charge in [-0.1, -0.05) is 18.2 Å². The Labute approximate surface area is 273 Å². The molecule has 0 aromatic heterocycles. The summed E-state index contributed by atoms with van der Waals surface area (Å²) in [6, 6.07) is 15.9. The lowest BCUT2D eigenvalue weighted by Gasteiger charge is -2.20. The molecule has 7 nitrogen and oxygen atoms in total. The van der Waals surface area contributed by atoms with Gasteiger partial charge in [0.15, 0.2) is 17.2 Å². The Kier molecular flexibility index (Phi) is 11.7. The van der Waals surface area contributed by atoms with Gasteiger partial charge in [0.25, 0.3) is 0 Å². The molecule has 0 spiro atoms. The average molecular weight is 720 g/mol. The first-order chi connectivity index (χ1) is 20.1. The third-order valence-corrected chi connectivity index (χ3v) is 9.10. The molecule has 0 fully saturated rings. The van der Waals surface area contributed by atoms with Crippen LogP contribution in [0.4, 0.5) is 5.69 Å². The summed E-state index contributed by atoms with van der Waals surface area (Å²) < 4.78 is 53.3. The van der Waals surface area contributed by atoms with E-state index < -0.39 is 15.3 Å². The van der Waals surface area contributed by atoms with Crippen molar-refractivity contribution in [3.63, 3.8) is 0 Å². The Morgan fingerprint density at radius 1 is 0.721 bits per heavy atom. The van der Waals surface area contributed by atoms with Crippen molar-refractivity contribution < 1.29 is 55.9 Å². The fourth-order valence-electron chi connectivity index (χ4n) is 5.43. The first-order valence-corrected chi connectivity index (χ1v) is 16.1. The molecule has 1 aliphatic rings. The summed E-state index contributed by atoms with van der Waals surface area (Å²) in [7, 11) is -3.66. The number of sulfone groups is 1. The van der Waals surface area contributed by atoms with E-state index in [4.69, 9.17) is 18.9 Å².